The monoisotopic (exact) mass is 563 g/mol. The fourth-order valence-corrected chi connectivity index (χ4v) is 5.11. The molecule has 1 aliphatic carbocycles. The van der Waals surface area contributed by atoms with Crippen LogP contribution in [0.25, 0.3) is 16.4 Å². The number of fused-ring (bicyclic) bond motifs is 2. The van der Waals surface area contributed by atoms with E-state index in [4.69, 9.17) is 16.3 Å². The third-order valence-electron chi connectivity index (χ3n) is 7.09. The average molecular weight is 564 g/mol. The lowest BCUT2D eigenvalue weighted by Crippen LogP contribution is -2.23. The molecule has 5 aromatic rings. The number of aryl methyl sites for hydroxylation is 1. The first kappa shape index (κ1) is 26.0. The number of benzene rings is 1. The van der Waals surface area contributed by atoms with Gasteiger partial charge in [-0.05, 0) is 55.5 Å². The Hall–Kier alpha value is -4.25. The van der Waals surface area contributed by atoms with Crippen molar-refractivity contribution < 1.29 is 18.7 Å². The lowest BCUT2D eigenvalue weighted by molar-refractivity contribution is -0.143. The van der Waals surface area contributed by atoms with Crippen LogP contribution in [-0.4, -0.2) is 47.4 Å². The van der Waals surface area contributed by atoms with E-state index in [1.807, 2.05) is 0 Å². The quantitative estimate of drug-likeness (QED) is 0.251. The fraction of sp³-hybridized carbons (Fsp3) is 0.321. The summed E-state index contributed by atoms with van der Waals surface area (Å²) in [7, 11) is 0. The van der Waals surface area contributed by atoms with E-state index in [9.17, 15) is 14.0 Å². The molecule has 1 amide bonds. The highest BCUT2D eigenvalue weighted by Crippen LogP contribution is 2.41. The van der Waals surface area contributed by atoms with Gasteiger partial charge in [0.2, 0.25) is 0 Å². The van der Waals surface area contributed by atoms with Crippen molar-refractivity contribution in [3.63, 3.8) is 0 Å². The minimum Gasteiger partial charge on any atom is -0.466 e. The molecule has 0 unspecified atom stereocenters. The Bertz CT molecular complexity index is 1740. The van der Waals surface area contributed by atoms with Gasteiger partial charge in [-0.1, -0.05) is 22.9 Å². The number of carbonyl (C=O) groups is 2. The van der Waals surface area contributed by atoms with Crippen molar-refractivity contribution in [2.24, 2.45) is 0 Å². The molecule has 1 N–H and O–H groups in total. The maximum absolute atomic E-state index is 14.5. The predicted molar refractivity (Wildman–Crippen MR) is 146 cm³/mol. The number of hydrogen-bond acceptors (Lipinski definition) is 6. The Morgan fingerprint density at radius 1 is 1.23 bits per heavy atom. The van der Waals surface area contributed by atoms with Gasteiger partial charge < -0.3 is 19.0 Å². The molecule has 1 fully saturated rings. The highest BCUT2D eigenvalue weighted by molar-refractivity contribution is 6.31. The first-order valence-corrected chi connectivity index (χ1v) is 13.5. The second-order valence-electron chi connectivity index (χ2n) is 9.84. The summed E-state index contributed by atoms with van der Waals surface area (Å²) >= 11 is 5.91. The van der Waals surface area contributed by atoms with Crippen molar-refractivity contribution in [3.8, 4) is 0 Å². The molecule has 0 atom stereocenters. The van der Waals surface area contributed by atoms with Crippen LogP contribution in [0, 0.1) is 5.82 Å². The average Bonchev–Trinajstić information content (AvgIpc) is 3.39. The number of hydrogen-bond donors (Lipinski definition) is 1. The third-order valence-corrected chi connectivity index (χ3v) is 7.38. The van der Waals surface area contributed by atoms with E-state index in [1.165, 1.54) is 35.2 Å². The molecule has 12 heteroatoms. The Kier molecular flexibility index (Phi) is 6.97. The van der Waals surface area contributed by atoms with E-state index in [0.717, 1.165) is 16.6 Å². The van der Waals surface area contributed by atoms with Crippen LogP contribution in [0.2, 0.25) is 5.02 Å². The number of aromatic nitrogens is 6. The van der Waals surface area contributed by atoms with Crippen molar-refractivity contribution in [1.29, 1.82) is 0 Å². The van der Waals surface area contributed by atoms with Crippen molar-refractivity contribution >= 4 is 39.9 Å². The van der Waals surface area contributed by atoms with Crippen LogP contribution in [-0.2, 0) is 29.2 Å². The van der Waals surface area contributed by atoms with E-state index in [2.05, 4.69) is 49.4 Å². The maximum Gasteiger partial charge on any atom is 0.307 e. The van der Waals surface area contributed by atoms with Crippen molar-refractivity contribution in [2.75, 3.05) is 6.61 Å². The van der Waals surface area contributed by atoms with E-state index >= 15 is 0 Å². The molecule has 4 aromatic heterocycles. The lowest BCUT2D eigenvalue weighted by Gasteiger charge is -2.11. The smallest absolute Gasteiger partial charge is 0.307 e. The van der Waals surface area contributed by atoms with Crippen LogP contribution in [0.1, 0.15) is 59.5 Å². The van der Waals surface area contributed by atoms with E-state index in [1.54, 1.807) is 24.0 Å². The predicted octanol–water partition coefficient (Wildman–Crippen LogP) is 4.48. The standard InChI is InChI=1S/C28H27ClFN7O3/c1-2-40-25(38)8-10-37-20(12-19-11-18(17-3-4-17)5-6-24(19)37)14-36-15-23(33-34-36)28(39)31-13-22-27-26(30)21(29)7-9-35(27)16-32-22/h5-7,9,11-12,15-17H,2-4,8,10,13-14H2,1H3,(H,31,39). The number of ether oxygens (including phenoxy) is 1. The third kappa shape index (κ3) is 5.16. The van der Waals surface area contributed by atoms with Gasteiger partial charge in [0, 0.05) is 29.3 Å². The van der Waals surface area contributed by atoms with Gasteiger partial charge in [0.1, 0.15) is 5.52 Å². The van der Waals surface area contributed by atoms with E-state index < -0.39 is 11.7 Å². The molecule has 40 heavy (non-hydrogen) atoms. The molecule has 1 saturated carbocycles. The maximum atomic E-state index is 14.5. The van der Waals surface area contributed by atoms with Crippen LogP contribution in [0.5, 0.6) is 0 Å². The molecule has 0 spiro atoms. The molecule has 1 aromatic carbocycles. The van der Waals surface area contributed by atoms with Crippen LogP contribution in [0.3, 0.4) is 0 Å². The molecule has 0 saturated heterocycles. The number of nitrogens with one attached hydrogen (secondary N) is 1. The minimum absolute atomic E-state index is 0.00905. The molecule has 6 rings (SSSR count). The second-order valence-corrected chi connectivity index (χ2v) is 10.3. The van der Waals surface area contributed by atoms with Gasteiger partial charge in [-0.3, -0.25) is 9.59 Å². The van der Waals surface area contributed by atoms with Crippen molar-refractivity contribution in [2.45, 2.75) is 51.7 Å². The highest BCUT2D eigenvalue weighted by Gasteiger charge is 2.24. The minimum atomic E-state index is -0.598. The summed E-state index contributed by atoms with van der Waals surface area (Å²) in [5.74, 6) is -0.691. The molecule has 1 aliphatic rings. The van der Waals surface area contributed by atoms with Crippen LogP contribution in [0.4, 0.5) is 4.39 Å². The summed E-state index contributed by atoms with van der Waals surface area (Å²) in [4.78, 5) is 29.1. The molecular formula is C28H27ClFN7O3. The summed E-state index contributed by atoms with van der Waals surface area (Å²) in [5, 5.41) is 12.0. The Morgan fingerprint density at radius 2 is 2.08 bits per heavy atom. The summed E-state index contributed by atoms with van der Waals surface area (Å²) in [5.41, 5.74) is 3.96. The largest absolute Gasteiger partial charge is 0.466 e. The number of imidazole rings is 1. The zero-order chi connectivity index (χ0) is 27.8. The fourth-order valence-electron chi connectivity index (χ4n) is 4.96. The highest BCUT2D eigenvalue weighted by atomic mass is 35.5. The van der Waals surface area contributed by atoms with Crippen molar-refractivity contribution in [1.82, 2.24) is 34.3 Å². The van der Waals surface area contributed by atoms with Gasteiger partial charge in [0.15, 0.2) is 11.5 Å². The summed E-state index contributed by atoms with van der Waals surface area (Å²) < 4.78 is 24.8. The Labute approximate surface area is 233 Å². The van der Waals surface area contributed by atoms with Crippen molar-refractivity contribution in [3.05, 3.63) is 82.5 Å². The SMILES string of the molecule is CCOC(=O)CCn1c(Cn2cc(C(=O)NCc3ncn4ccc(Cl)c(F)c34)nn2)cc2cc(C3CC3)ccc21. The van der Waals surface area contributed by atoms with Gasteiger partial charge in [-0.25, -0.2) is 14.1 Å². The summed E-state index contributed by atoms with van der Waals surface area (Å²) in [6.45, 7) is 2.93. The molecular weight excluding hydrogens is 537 g/mol. The first-order chi connectivity index (χ1) is 19.4. The number of amides is 1. The van der Waals surface area contributed by atoms with Gasteiger partial charge >= 0.3 is 5.97 Å². The zero-order valence-corrected chi connectivity index (χ0v) is 22.6. The molecule has 4 heterocycles. The van der Waals surface area contributed by atoms with E-state index in [0.29, 0.717) is 31.3 Å². The normalized spacial score (nSPS) is 13.3. The number of rotatable bonds is 10. The lowest BCUT2D eigenvalue weighted by atomic mass is 10.1. The topological polar surface area (TPSA) is 108 Å². The number of esters is 1. The Morgan fingerprint density at radius 3 is 2.88 bits per heavy atom. The second kappa shape index (κ2) is 10.7. The van der Waals surface area contributed by atoms with Gasteiger partial charge in [0.25, 0.3) is 5.91 Å². The first-order valence-electron chi connectivity index (χ1n) is 13.2. The number of nitrogens with zero attached hydrogens (tertiary/aromatic N) is 6. The summed E-state index contributed by atoms with van der Waals surface area (Å²) in [6.07, 6.45) is 7.29. The Balaban J connectivity index is 1.19. The molecule has 10 nitrogen and oxygen atoms in total. The number of halogens is 2. The van der Waals surface area contributed by atoms with Crippen LogP contribution < -0.4 is 5.32 Å². The van der Waals surface area contributed by atoms with Crippen LogP contribution >= 0.6 is 11.6 Å². The zero-order valence-electron chi connectivity index (χ0n) is 21.8. The van der Waals surface area contributed by atoms with Gasteiger partial charge in [-0.15, -0.1) is 5.10 Å². The van der Waals surface area contributed by atoms with Gasteiger partial charge in [-0.2, -0.15) is 0 Å². The van der Waals surface area contributed by atoms with Crippen LogP contribution in [0.15, 0.2) is 49.1 Å². The molecule has 0 bridgehead atoms. The molecule has 0 radical (unpaired) electrons. The van der Waals surface area contributed by atoms with Gasteiger partial charge in [0.05, 0.1) is 49.4 Å². The summed E-state index contributed by atoms with van der Waals surface area (Å²) in [6, 6.07) is 10.0. The number of pyridine rings is 1. The molecule has 206 valence electrons. The molecule has 0 aliphatic heterocycles. The number of carbonyl (C=O) groups excluding carboxylic acids is 2. The van der Waals surface area contributed by atoms with E-state index in [-0.39, 0.29) is 35.2 Å².